The summed E-state index contributed by atoms with van der Waals surface area (Å²) >= 11 is 1.82. The summed E-state index contributed by atoms with van der Waals surface area (Å²) in [5.41, 5.74) is 2.21. The second-order valence-electron chi connectivity index (χ2n) is 7.67. The Bertz CT molecular complexity index is 965. The van der Waals surface area contributed by atoms with Gasteiger partial charge >= 0.3 is 0 Å². The van der Waals surface area contributed by atoms with Crippen LogP contribution in [0.4, 0.5) is 5.00 Å². The maximum absolute atomic E-state index is 5.31. The summed E-state index contributed by atoms with van der Waals surface area (Å²) in [7, 11) is 1.83. The summed E-state index contributed by atoms with van der Waals surface area (Å²) in [5, 5.41) is 14.5. The van der Waals surface area contributed by atoms with E-state index in [4.69, 9.17) is 4.52 Å². The number of rotatable bonds is 7. The Kier molecular flexibility index (Phi) is 9.34. The molecule has 0 aliphatic carbocycles. The van der Waals surface area contributed by atoms with E-state index >= 15 is 0 Å². The number of hydrogen-bond acceptors (Lipinski definition) is 6. The van der Waals surface area contributed by atoms with Crippen molar-refractivity contribution in [2.24, 2.45) is 4.99 Å². The van der Waals surface area contributed by atoms with Gasteiger partial charge in [-0.2, -0.15) is 4.98 Å². The number of piperidine rings is 1. The Morgan fingerprint density at radius 3 is 2.62 bits per heavy atom. The molecule has 1 aliphatic heterocycles. The highest BCUT2D eigenvalue weighted by Crippen LogP contribution is 2.24. The second-order valence-corrected chi connectivity index (χ2v) is 8.60. The maximum atomic E-state index is 5.31. The predicted octanol–water partition coefficient (Wildman–Crippen LogP) is 4.36. The fourth-order valence-electron chi connectivity index (χ4n) is 3.74. The first kappa shape index (κ1) is 24.5. The summed E-state index contributed by atoms with van der Waals surface area (Å²) in [6.07, 6.45) is 3.93. The average Bonchev–Trinajstić information content (AvgIpc) is 3.52. The smallest absolute Gasteiger partial charge is 0.257 e. The van der Waals surface area contributed by atoms with Crippen molar-refractivity contribution in [1.29, 1.82) is 0 Å². The van der Waals surface area contributed by atoms with Gasteiger partial charge in [0, 0.05) is 44.7 Å². The van der Waals surface area contributed by atoms with Gasteiger partial charge in [-0.3, -0.25) is 4.99 Å². The van der Waals surface area contributed by atoms with Gasteiger partial charge in [0.15, 0.2) is 11.8 Å². The van der Waals surface area contributed by atoms with Crippen molar-refractivity contribution in [2.75, 3.05) is 31.6 Å². The van der Waals surface area contributed by atoms with Crippen LogP contribution in [-0.4, -0.2) is 48.8 Å². The molecule has 2 aromatic heterocycles. The minimum Gasteiger partial charge on any atom is -0.363 e. The molecule has 3 heterocycles. The van der Waals surface area contributed by atoms with Gasteiger partial charge in [0.25, 0.3) is 5.89 Å². The molecule has 32 heavy (non-hydrogen) atoms. The Morgan fingerprint density at radius 2 is 2.00 bits per heavy atom. The quantitative estimate of drug-likeness (QED) is 0.252. The molecular formula is C23H31IN6OS. The number of hydrogen-bond donors (Lipinski definition) is 2. The normalized spacial score (nSPS) is 14.8. The van der Waals surface area contributed by atoms with Gasteiger partial charge in [-0.25, -0.2) is 0 Å². The fraction of sp³-hybridized carbons (Fsp3) is 0.435. The largest absolute Gasteiger partial charge is 0.363 e. The molecule has 1 aliphatic rings. The van der Waals surface area contributed by atoms with E-state index in [0.717, 1.165) is 62.7 Å². The third kappa shape index (κ3) is 6.44. The van der Waals surface area contributed by atoms with Gasteiger partial charge in [0.2, 0.25) is 0 Å². The molecule has 0 atom stereocenters. The lowest BCUT2D eigenvalue weighted by molar-refractivity contribution is 0.423. The number of aliphatic imine (C=N–C) groups is 1. The van der Waals surface area contributed by atoms with Gasteiger partial charge in [-0.15, -0.1) is 35.3 Å². The summed E-state index contributed by atoms with van der Waals surface area (Å²) in [5.74, 6) is 2.19. The molecule has 4 rings (SSSR count). The van der Waals surface area contributed by atoms with E-state index in [9.17, 15) is 0 Å². The summed E-state index contributed by atoms with van der Waals surface area (Å²) < 4.78 is 5.31. The molecule has 3 aromatic rings. The minimum absolute atomic E-state index is 0. The highest BCUT2D eigenvalue weighted by Gasteiger charge is 2.20. The van der Waals surface area contributed by atoms with Gasteiger partial charge in [0.05, 0.1) is 5.00 Å². The first-order valence-electron chi connectivity index (χ1n) is 10.9. The number of nitrogens with one attached hydrogen (secondary N) is 2. The zero-order valence-corrected chi connectivity index (χ0v) is 21.7. The van der Waals surface area contributed by atoms with Gasteiger partial charge in [-0.05, 0) is 54.5 Å². The van der Waals surface area contributed by atoms with Crippen LogP contribution in [0.25, 0.3) is 11.5 Å². The predicted molar refractivity (Wildman–Crippen MR) is 142 cm³/mol. The number of nitrogens with zero attached hydrogens (tertiary/aromatic N) is 4. The lowest BCUT2D eigenvalue weighted by atomic mass is 10.1. The average molecular weight is 567 g/mol. The van der Waals surface area contributed by atoms with E-state index in [0.29, 0.717) is 11.9 Å². The summed E-state index contributed by atoms with van der Waals surface area (Å²) in [6, 6.07) is 13.1. The molecule has 1 fully saturated rings. The van der Waals surface area contributed by atoms with Crippen LogP contribution in [-0.2, 0) is 12.8 Å². The molecule has 0 saturated carbocycles. The molecule has 2 N–H and O–H groups in total. The van der Waals surface area contributed by atoms with Crippen LogP contribution in [0.5, 0.6) is 0 Å². The Labute approximate surface area is 210 Å². The number of aromatic nitrogens is 2. The van der Waals surface area contributed by atoms with E-state index in [1.807, 2.05) is 37.4 Å². The number of aryl methyl sites for hydroxylation is 1. The number of halogens is 1. The van der Waals surface area contributed by atoms with Crippen molar-refractivity contribution < 1.29 is 4.52 Å². The molecule has 0 radical (unpaired) electrons. The maximum Gasteiger partial charge on any atom is 0.257 e. The van der Waals surface area contributed by atoms with Crippen LogP contribution in [0.15, 0.2) is 51.3 Å². The Hall–Kier alpha value is -2.14. The Morgan fingerprint density at radius 1 is 1.22 bits per heavy atom. The van der Waals surface area contributed by atoms with Gasteiger partial charge in [-0.1, -0.05) is 24.2 Å². The highest BCUT2D eigenvalue weighted by atomic mass is 127. The summed E-state index contributed by atoms with van der Waals surface area (Å²) in [4.78, 5) is 11.3. The molecule has 0 unspecified atom stereocenters. The Balaban J connectivity index is 0.00000289. The van der Waals surface area contributed by atoms with Crippen molar-refractivity contribution in [3.8, 4) is 11.5 Å². The van der Waals surface area contributed by atoms with E-state index in [1.54, 1.807) is 0 Å². The molecule has 1 saturated heterocycles. The van der Waals surface area contributed by atoms with Crippen molar-refractivity contribution in [3.05, 3.63) is 53.2 Å². The molecule has 0 amide bonds. The topological polar surface area (TPSA) is 78.6 Å². The van der Waals surface area contributed by atoms with E-state index in [2.05, 4.69) is 60.3 Å². The number of thiophene rings is 1. The number of benzene rings is 1. The van der Waals surface area contributed by atoms with Crippen LogP contribution in [0.1, 0.15) is 31.2 Å². The van der Waals surface area contributed by atoms with Crippen molar-refractivity contribution in [1.82, 2.24) is 20.8 Å². The van der Waals surface area contributed by atoms with Crippen LogP contribution in [0.2, 0.25) is 0 Å². The molecule has 9 heteroatoms. The third-order valence-electron chi connectivity index (χ3n) is 5.57. The minimum atomic E-state index is 0. The van der Waals surface area contributed by atoms with E-state index < -0.39 is 0 Å². The van der Waals surface area contributed by atoms with Crippen LogP contribution < -0.4 is 15.5 Å². The molecule has 7 nitrogen and oxygen atoms in total. The molecule has 0 spiro atoms. The molecule has 1 aromatic carbocycles. The van der Waals surface area contributed by atoms with Crippen molar-refractivity contribution in [3.63, 3.8) is 0 Å². The number of guanidine groups is 1. The zero-order chi connectivity index (χ0) is 21.5. The van der Waals surface area contributed by atoms with E-state index in [-0.39, 0.29) is 24.0 Å². The van der Waals surface area contributed by atoms with Crippen LogP contribution in [0, 0.1) is 0 Å². The lowest BCUT2D eigenvalue weighted by Crippen LogP contribution is -2.49. The molecule has 0 bridgehead atoms. The van der Waals surface area contributed by atoms with Gasteiger partial charge < -0.3 is 20.1 Å². The monoisotopic (exact) mass is 566 g/mol. The lowest BCUT2D eigenvalue weighted by Gasteiger charge is -2.33. The standard InChI is InChI=1S/C23H30N6OS.HI/c1-3-20-27-22(30-28-20)18-8-6-17(7-9-18)10-13-25-23(24-2)26-19-11-14-29(15-12-19)21-5-4-16-31-21;/h4-9,16,19H,3,10-15H2,1-2H3,(H2,24,25,26);1H. The van der Waals surface area contributed by atoms with Crippen molar-refractivity contribution in [2.45, 2.75) is 38.6 Å². The SMILES string of the molecule is CCc1noc(-c2ccc(CCNC(=NC)NC3CCN(c4cccs4)CC3)cc2)n1.I. The number of anilines is 1. The second kappa shape index (κ2) is 12.2. The van der Waals surface area contributed by atoms with Crippen molar-refractivity contribution >= 4 is 46.3 Å². The first-order valence-corrected chi connectivity index (χ1v) is 11.8. The molecular weight excluding hydrogens is 535 g/mol. The first-order chi connectivity index (χ1) is 15.2. The van der Waals surface area contributed by atoms with Crippen LogP contribution >= 0.6 is 35.3 Å². The fourth-order valence-corrected chi connectivity index (χ4v) is 4.52. The van der Waals surface area contributed by atoms with Crippen LogP contribution in [0.3, 0.4) is 0 Å². The summed E-state index contributed by atoms with van der Waals surface area (Å²) in [6.45, 7) is 5.01. The van der Waals surface area contributed by atoms with E-state index in [1.165, 1.54) is 10.6 Å². The molecule has 172 valence electrons. The zero-order valence-electron chi connectivity index (χ0n) is 18.6. The third-order valence-corrected chi connectivity index (χ3v) is 6.50. The van der Waals surface area contributed by atoms with Gasteiger partial charge in [0.1, 0.15) is 0 Å². The highest BCUT2D eigenvalue weighted by molar-refractivity contribution is 14.0.